The van der Waals surface area contributed by atoms with Crippen molar-refractivity contribution < 1.29 is 9.53 Å². The monoisotopic (exact) mass is 311 g/mol. The van der Waals surface area contributed by atoms with E-state index in [1.54, 1.807) is 11.8 Å². The number of anilines is 1. The summed E-state index contributed by atoms with van der Waals surface area (Å²) < 4.78 is 5.64. The summed E-state index contributed by atoms with van der Waals surface area (Å²) in [5.41, 5.74) is 0.938. The summed E-state index contributed by atoms with van der Waals surface area (Å²) in [5, 5.41) is 0.671. The largest absolute Gasteiger partial charge is 0.368 e. The van der Waals surface area contributed by atoms with Gasteiger partial charge in [-0.1, -0.05) is 18.5 Å². The highest BCUT2D eigenvalue weighted by atomic mass is 35.5. The van der Waals surface area contributed by atoms with Crippen LogP contribution < -0.4 is 4.90 Å². The molecule has 0 aliphatic carbocycles. The third-order valence-corrected chi connectivity index (χ3v) is 5.28. The number of nitrogens with zero attached hydrogens (tertiary/aromatic N) is 1. The molecule has 20 heavy (non-hydrogen) atoms. The lowest BCUT2D eigenvalue weighted by Gasteiger charge is -2.26. The molecule has 2 aliphatic rings. The maximum Gasteiger partial charge on any atom is 0.256 e. The van der Waals surface area contributed by atoms with Gasteiger partial charge in [-0.05, 0) is 42.7 Å². The molecule has 0 spiro atoms. The molecule has 2 heterocycles. The van der Waals surface area contributed by atoms with E-state index in [-0.39, 0.29) is 12.0 Å². The van der Waals surface area contributed by atoms with Crippen LogP contribution in [0.1, 0.15) is 19.8 Å². The third-order valence-electron chi connectivity index (χ3n) is 3.89. The van der Waals surface area contributed by atoms with Crippen molar-refractivity contribution >= 4 is 35.0 Å². The Hall–Kier alpha value is -0.710. The van der Waals surface area contributed by atoms with Crippen LogP contribution in [0.25, 0.3) is 0 Å². The molecule has 1 aromatic carbocycles. The van der Waals surface area contributed by atoms with E-state index in [1.807, 2.05) is 23.1 Å². The molecule has 1 saturated heterocycles. The number of halogens is 1. The van der Waals surface area contributed by atoms with Gasteiger partial charge in [0.2, 0.25) is 0 Å². The molecule has 3 rings (SSSR count). The van der Waals surface area contributed by atoms with Crippen LogP contribution in [0.15, 0.2) is 23.1 Å². The highest BCUT2D eigenvalue weighted by Gasteiger charge is 2.35. The van der Waals surface area contributed by atoms with Crippen LogP contribution in [0, 0.1) is 5.92 Å². The number of carbonyl (C=O) groups excluding carboxylic acids is 1. The molecule has 2 aliphatic heterocycles. The molecular weight excluding hydrogens is 294 g/mol. The minimum absolute atomic E-state index is 0.0843. The predicted octanol–water partition coefficient (Wildman–Crippen LogP) is 3.59. The maximum atomic E-state index is 12.8. The molecule has 0 saturated carbocycles. The molecule has 1 fully saturated rings. The van der Waals surface area contributed by atoms with Crippen LogP contribution >= 0.6 is 23.4 Å². The summed E-state index contributed by atoms with van der Waals surface area (Å²) >= 11 is 7.90. The number of benzene rings is 1. The van der Waals surface area contributed by atoms with Crippen molar-refractivity contribution in [2.24, 2.45) is 5.92 Å². The first-order chi connectivity index (χ1) is 9.66. The van der Waals surface area contributed by atoms with E-state index in [4.69, 9.17) is 16.3 Å². The second-order valence-corrected chi connectivity index (χ2v) is 6.93. The second kappa shape index (κ2) is 5.96. The lowest BCUT2D eigenvalue weighted by atomic mass is 10.0. The van der Waals surface area contributed by atoms with Crippen molar-refractivity contribution in [2.75, 3.05) is 23.8 Å². The summed E-state index contributed by atoms with van der Waals surface area (Å²) in [6.45, 7) is 3.51. The molecule has 1 amide bonds. The van der Waals surface area contributed by atoms with Crippen LogP contribution in [0.4, 0.5) is 5.69 Å². The molecule has 0 aromatic heterocycles. The number of thioether (sulfide) groups is 1. The number of hydrogen-bond donors (Lipinski definition) is 0. The zero-order chi connectivity index (χ0) is 14.1. The number of fused-ring (bicyclic) bond motifs is 1. The molecule has 0 bridgehead atoms. The zero-order valence-corrected chi connectivity index (χ0v) is 13.0. The van der Waals surface area contributed by atoms with E-state index in [0.29, 0.717) is 17.5 Å². The van der Waals surface area contributed by atoms with Gasteiger partial charge in [-0.15, -0.1) is 11.8 Å². The Morgan fingerprint density at radius 1 is 1.50 bits per heavy atom. The highest BCUT2D eigenvalue weighted by Crippen LogP contribution is 2.37. The Labute approximate surface area is 128 Å². The van der Waals surface area contributed by atoms with Crippen molar-refractivity contribution in [3.05, 3.63) is 23.2 Å². The van der Waals surface area contributed by atoms with E-state index < -0.39 is 0 Å². The van der Waals surface area contributed by atoms with Crippen LogP contribution in [0.2, 0.25) is 5.02 Å². The van der Waals surface area contributed by atoms with Gasteiger partial charge in [-0.25, -0.2) is 0 Å². The molecule has 2 atom stereocenters. The molecule has 108 valence electrons. The summed E-state index contributed by atoms with van der Waals surface area (Å²) in [7, 11) is 0. The topological polar surface area (TPSA) is 29.5 Å². The summed E-state index contributed by atoms with van der Waals surface area (Å²) in [6.07, 6.45) is 1.65. The molecule has 5 heteroatoms. The van der Waals surface area contributed by atoms with Crippen molar-refractivity contribution in [3.63, 3.8) is 0 Å². The van der Waals surface area contributed by atoms with E-state index >= 15 is 0 Å². The molecule has 0 N–H and O–H groups in total. The predicted molar refractivity (Wildman–Crippen MR) is 82.7 cm³/mol. The summed E-state index contributed by atoms with van der Waals surface area (Å²) in [4.78, 5) is 15.8. The smallest absolute Gasteiger partial charge is 0.256 e. The fraction of sp³-hybridized carbons (Fsp3) is 0.533. The first-order valence-electron chi connectivity index (χ1n) is 7.02. The molecule has 3 nitrogen and oxygen atoms in total. The fourth-order valence-electron chi connectivity index (χ4n) is 2.74. The number of rotatable bonds is 1. The standard InChI is InChI=1S/C15H18ClNO2S/c1-10-5-7-19-14(10)15(18)17-6-2-8-20-13-4-3-11(16)9-12(13)17/h3-4,9-10,14H,2,5-8H2,1H3/t10-,14-/m1/s1. The Balaban J connectivity index is 1.93. The van der Waals surface area contributed by atoms with Crippen LogP contribution in [-0.4, -0.2) is 30.9 Å². The zero-order valence-electron chi connectivity index (χ0n) is 11.5. The van der Waals surface area contributed by atoms with E-state index in [9.17, 15) is 4.79 Å². The Bertz CT molecular complexity index is 523. The van der Waals surface area contributed by atoms with Crippen LogP contribution in [0.3, 0.4) is 0 Å². The van der Waals surface area contributed by atoms with Gasteiger partial charge < -0.3 is 9.64 Å². The van der Waals surface area contributed by atoms with E-state index in [0.717, 1.165) is 35.7 Å². The van der Waals surface area contributed by atoms with Gasteiger partial charge >= 0.3 is 0 Å². The molecule has 1 aromatic rings. The number of amides is 1. The average Bonchev–Trinajstić information content (AvgIpc) is 2.75. The number of hydrogen-bond acceptors (Lipinski definition) is 3. The second-order valence-electron chi connectivity index (χ2n) is 5.36. The SMILES string of the molecule is C[C@@H]1CCO[C@H]1C(=O)N1CCCSc2ccc(Cl)cc21. The van der Waals surface area contributed by atoms with Gasteiger partial charge in [0.05, 0.1) is 5.69 Å². The molecular formula is C15H18ClNO2S. The first-order valence-corrected chi connectivity index (χ1v) is 8.38. The van der Waals surface area contributed by atoms with Gasteiger partial charge in [-0.3, -0.25) is 4.79 Å². The maximum absolute atomic E-state index is 12.8. The fourth-order valence-corrected chi connectivity index (χ4v) is 3.88. The van der Waals surface area contributed by atoms with Crippen LogP contribution in [-0.2, 0) is 9.53 Å². The highest BCUT2D eigenvalue weighted by molar-refractivity contribution is 7.99. The van der Waals surface area contributed by atoms with Gasteiger partial charge in [0, 0.05) is 23.1 Å². The van der Waals surface area contributed by atoms with Gasteiger partial charge in [0.15, 0.2) is 0 Å². The van der Waals surface area contributed by atoms with Crippen LogP contribution in [0.5, 0.6) is 0 Å². The Morgan fingerprint density at radius 3 is 3.10 bits per heavy atom. The van der Waals surface area contributed by atoms with Gasteiger partial charge in [-0.2, -0.15) is 0 Å². The minimum atomic E-state index is -0.301. The number of ether oxygens (including phenoxy) is 1. The first kappa shape index (κ1) is 14.2. The van der Waals surface area contributed by atoms with E-state index in [2.05, 4.69) is 6.92 Å². The van der Waals surface area contributed by atoms with Crippen molar-refractivity contribution in [3.8, 4) is 0 Å². The Kier molecular flexibility index (Phi) is 4.24. The molecule has 0 radical (unpaired) electrons. The summed E-state index contributed by atoms with van der Waals surface area (Å²) in [5.74, 6) is 1.40. The van der Waals surface area contributed by atoms with Gasteiger partial charge in [0.1, 0.15) is 6.10 Å². The lowest BCUT2D eigenvalue weighted by Crippen LogP contribution is -2.41. The minimum Gasteiger partial charge on any atom is -0.368 e. The van der Waals surface area contributed by atoms with Gasteiger partial charge in [0.25, 0.3) is 5.91 Å². The Morgan fingerprint density at radius 2 is 2.35 bits per heavy atom. The van der Waals surface area contributed by atoms with Crippen molar-refractivity contribution in [1.29, 1.82) is 0 Å². The quantitative estimate of drug-likeness (QED) is 0.793. The third kappa shape index (κ3) is 2.69. The average molecular weight is 312 g/mol. The lowest BCUT2D eigenvalue weighted by molar-refractivity contribution is -0.128. The van der Waals surface area contributed by atoms with E-state index in [1.165, 1.54) is 0 Å². The number of carbonyl (C=O) groups is 1. The molecule has 0 unspecified atom stereocenters. The van der Waals surface area contributed by atoms with Crippen molar-refractivity contribution in [2.45, 2.75) is 30.8 Å². The normalized spacial score (nSPS) is 26.2. The summed E-state index contributed by atoms with van der Waals surface area (Å²) in [6, 6.07) is 5.79. The van der Waals surface area contributed by atoms with Crippen molar-refractivity contribution in [1.82, 2.24) is 0 Å².